The van der Waals surface area contributed by atoms with Crippen molar-refractivity contribution < 1.29 is 4.39 Å². The summed E-state index contributed by atoms with van der Waals surface area (Å²) in [5.41, 5.74) is 1.30. The molecule has 128 valence electrons. The third kappa shape index (κ3) is 3.42. The van der Waals surface area contributed by atoms with Gasteiger partial charge in [0.2, 0.25) is 4.96 Å². The molecule has 2 aromatic carbocycles. The molecule has 0 atom stereocenters. The van der Waals surface area contributed by atoms with E-state index in [0.29, 0.717) is 25.9 Å². The second kappa shape index (κ2) is 6.82. The molecule has 0 unspecified atom stereocenters. The molecule has 0 aliphatic carbocycles. The molecule has 4 nitrogen and oxygen atoms in total. The fraction of sp³-hybridized carbons (Fsp3) is 0. The predicted octanol–water partition coefficient (Wildman–Crippen LogP) is 3.66. The van der Waals surface area contributed by atoms with Crippen LogP contribution < -0.4 is 10.1 Å². The summed E-state index contributed by atoms with van der Waals surface area (Å²) in [5.74, 6) is 0.0980. The summed E-state index contributed by atoms with van der Waals surface area (Å²) in [6.45, 7) is 0. The van der Waals surface area contributed by atoms with Crippen molar-refractivity contribution >= 4 is 46.1 Å². The van der Waals surface area contributed by atoms with Crippen LogP contribution in [0.1, 0.15) is 17.0 Å². The van der Waals surface area contributed by atoms with E-state index < -0.39 is 0 Å². The van der Waals surface area contributed by atoms with Crippen molar-refractivity contribution in [2.45, 2.75) is 0 Å². The van der Waals surface area contributed by atoms with Crippen LogP contribution in [0.4, 0.5) is 4.39 Å². The molecule has 0 saturated carbocycles. The van der Waals surface area contributed by atoms with Gasteiger partial charge in [-0.25, -0.2) is 4.39 Å². The van der Waals surface area contributed by atoms with Crippen LogP contribution in [0.15, 0.2) is 53.3 Å². The molecule has 0 aliphatic heterocycles. The fourth-order valence-corrected chi connectivity index (χ4v) is 3.45. The number of thiazole rings is 1. The van der Waals surface area contributed by atoms with Gasteiger partial charge >= 0.3 is 0 Å². The Morgan fingerprint density at radius 3 is 2.62 bits per heavy atom. The van der Waals surface area contributed by atoms with Crippen molar-refractivity contribution in [1.82, 2.24) is 14.6 Å². The number of nitrogens with zero attached hydrogens (tertiary/aromatic N) is 3. The number of benzene rings is 2. The maximum absolute atomic E-state index is 13.3. The Balaban J connectivity index is 1.67. The quantitative estimate of drug-likeness (QED) is 0.542. The zero-order valence-corrected chi connectivity index (χ0v) is 14.8. The Kier molecular flexibility index (Phi) is 4.36. The summed E-state index contributed by atoms with van der Waals surface area (Å²) in [6.07, 6.45) is 5.22. The van der Waals surface area contributed by atoms with Crippen LogP contribution in [-0.2, 0) is 0 Å². The molecule has 26 heavy (non-hydrogen) atoms. The normalized spacial score (nSPS) is 12.5. The van der Waals surface area contributed by atoms with Crippen molar-refractivity contribution in [3.05, 3.63) is 91.2 Å². The Bertz CT molecular complexity index is 1230. The summed E-state index contributed by atoms with van der Waals surface area (Å²) < 4.78 is 15.0. The van der Waals surface area contributed by atoms with Gasteiger partial charge in [0.25, 0.3) is 5.56 Å². The van der Waals surface area contributed by atoms with E-state index in [4.69, 9.17) is 11.6 Å². The number of hydrogen-bond donors (Lipinski definition) is 0. The van der Waals surface area contributed by atoms with Gasteiger partial charge in [-0.2, -0.15) is 9.50 Å². The van der Waals surface area contributed by atoms with E-state index in [1.807, 2.05) is 18.2 Å². The molecule has 4 rings (SSSR count). The third-order valence-electron chi connectivity index (χ3n) is 3.64. The molecule has 0 saturated heterocycles. The molecule has 0 aliphatic rings. The van der Waals surface area contributed by atoms with Gasteiger partial charge in [-0.15, -0.1) is 5.10 Å². The lowest BCUT2D eigenvalue weighted by Crippen LogP contribution is -2.23. The summed E-state index contributed by atoms with van der Waals surface area (Å²) in [6, 6.07) is 13.4. The summed E-state index contributed by atoms with van der Waals surface area (Å²) in [5, 5.41) is 4.89. The first-order valence-electron chi connectivity index (χ1n) is 7.69. The Morgan fingerprint density at radius 1 is 1.08 bits per heavy atom. The molecule has 0 amide bonds. The molecule has 2 aromatic heterocycles. The lowest BCUT2D eigenvalue weighted by atomic mass is 10.2. The van der Waals surface area contributed by atoms with Crippen LogP contribution in [0.5, 0.6) is 0 Å². The van der Waals surface area contributed by atoms with Crippen LogP contribution in [0.25, 0.3) is 23.2 Å². The van der Waals surface area contributed by atoms with Gasteiger partial charge in [0, 0.05) is 5.02 Å². The van der Waals surface area contributed by atoms with E-state index in [0.717, 1.165) is 5.56 Å². The zero-order chi connectivity index (χ0) is 18.1. The van der Waals surface area contributed by atoms with Crippen LogP contribution in [0.2, 0.25) is 5.02 Å². The van der Waals surface area contributed by atoms with Crippen molar-refractivity contribution in [3.63, 3.8) is 0 Å². The van der Waals surface area contributed by atoms with Gasteiger partial charge in [-0.1, -0.05) is 53.3 Å². The molecule has 4 aromatic rings. The first kappa shape index (κ1) is 16.6. The van der Waals surface area contributed by atoms with Gasteiger partial charge in [0.1, 0.15) is 5.82 Å². The molecule has 0 spiro atoms. The van der Waals surface area contributed by atoms with E-state index >= 15 is 0 Å². The van der Waals surface area contributed by atoms with Crippen molar-refractivity contribution in [1.29, 1.82) is 0 Å². The highest BCUT2D eigenvalue weighted by atomic mass is 35.5. The summed E-state index contributed by atoms with van der Waals surface area (Å²) in [4.78, 5) is 17.3. The van der Waals surface area contributed by atoms with Crippen LogP contribution in [-0.4, -0.2) is 14.6 Å². The Morgan fingerprint density at radius 2 is 1.88 bits per heavy atom. The topological polar surface area (TPSA) is 47.3 Å². The largest absolute Gasteiger partial charge is 0.291 e. The number of aromatic nitrogens is 3. The van der Waals surface area contributed by atoms with Gasteiger partial charge < -0.3 is 0 Å². The first-order chi connectivity index (χ1) is 12.6. The highest BCUT2D eigenvalue weighted by Gasteiger charge is 2.08. The second-order valence-electron chi connectivity index (χ2n) is 5.52. The lowest BCUT2D eigenvalue weighted by molar-refractivity contribution is 0.627. The molecular formula is C19H11ClFN3OS. The highest BCUT2D eigenvalue weighted by Crippen LogP contribution is 2.12. The van der Waals surface area contributed by atoms with E-state index in [9.17, 15) is 9.18 Å². The van der Waals surface area contributed by atoms with Gasteiger partial charge in [-0.3, -0.25) is 4.79 Å². The molecule has 0 fully saturated rings. The van der Waals surface area contributed by atoms with Crippen LogP contribution >= 0.6 is 22.9 Å². The maximum atomic E-state index is 13.3. The van der Waals surface area contributed by atoms with Crippen molar-refractivity contribution in [3.8, 4) is 0 Å². The lowest BCUT2D eigenvalue weighted by Gasteiger charge is -1.92. The minimum Gasteiger partial charge on any atom is -0.266 e. The van der Waals surface area contributed by atoms with Gasteiger partial charge in [0.05, 0.1) is 4.53 Å². The van der Waals surface area contributed by atoms with Crippen LogP contribution in [0.3, 0.4) is 0 Å². The fourth-order valence-electron chi connectivity index (χ4n) is 2.41. The average molecular weight is 384 g/mol. The van der Waals surface area contributed by atoms with E-state index in [-0.39, 0.29) is 11.4 Å². The SMILES string of the molecule is O=c1/c(=C/c2cccc(F)c2)sc2nc(/C=C/c3ccc(Cl)cc3)nn12. The van der Waals surface area contributed by atoms with E-state index in [1.165, 1.54) is 28.0 Å². The minimum atomic E-state index is -0.347. The van der Waals surface area contributed by atoms with E-state index in [2.05, 4.69) is 10.1 Å². The Hall–Kier alpha value is -2.83. The number of halogens is 2. The molecule has 7 heteroatoms. The zero-order valence-electron chi connectivity index (χ0n) is 13.3. The van der Waals surface area contributed by atoms with Crippen molar-refractivity contribution in [2.24, 2.45) is 0 Å². The first-order valence-corrected chi connectivity index (χ1v) is 8.88. The highest BCUT2D eigenvalue weighted by molar-refractivity contribution is 7.15. The number of fused-ring (bicyclic) bond motifs is 1. The summed E-state index contributed by atoms with van der Waals surface area (Å²) >= 11 is 7.07. The van der Waals surface area contributed by atoms with E-state index in [1.54, 1.807) is 36.4 Å². The number of hydrogen-bond acceptors (Lipinski definition) is 4. The smallest absolute Gasteiger partial charge is 0.266 e. The van der Waals surface area contributed by atoms with Crippen LogP contribution in [0, 0.1) is 5.82 Å². The van der Waals surface area contributed by atoms with Crippen molar-refractivity contribution in [2.75, 3.05) is 0 Å². The summed E-state index contributed by atoms with van der Waals surface area (Å²) in [7, 11) is 0. The predicted molar refractivity (Wildman–Crippen MR) is 103 cm³/mol. The third-order valence-corrected chi connectivity index (χ3v) is 4.85. The van der Waals surface area contributed by atoms with Gasteiger partial charge in [0.15, 0.2) is 5.82 Å². The monoisotopic (exact) mass is 383 g/mol. The average Bonchev–Trinajstić information content (AvgIpc) is 3.14. The molecule has 2 heterocycles. The number of rotatable bonds is 3. The van der Waals surface area contributed by atoms with Gasteiger partial charge in [-0.05, 0) is 47.5 Å². The molecular weight excluding hydrogens is 373 g/mol. The maximum Gasteiger partial charge on any atom is 0.291 e. The second-order valence-corrected chi connectivity index (χ2v) is 6.97. The standard InChI is InChI=1S/C19H11ClFN3OS/c20-14-7-4-12(5-8-14)6-9-17-22-19-24(23-17)18(25)16(26-19)11-13-2-1-3-15(21)10-13/h1-11H/b9-6+,16-11-. The molecule has 0 radical (unpaired) electrons. The molecule has 0 bridgehead atoms. The Labute approximate surface area is 156 Å². The molecule has 0 N–H and O–H groups in total. The minimum absolute atomic E-state index is 0.270.